The van der Waals surface area contributed by atoms with Crippen molar-refractivity contribution in [2.75, 3.05) is 5.32 Å². The van der Waals surface area contributed by atoms with Crippen LogP contribution in [0.3, 0.4) is 0 Å². The third-order valence-electron chi connectivity index (χ3n) is 2.75. The molecular formula is C14H10Cl2N6S. The van der Waals surface area contributed by atoms with Gasteiger partial charge in [0.25, 0.3) is 0 Å². The number of benzene rings is 1. The van der Waals surface area contributed by atoms with Crippen LogP contribution in [0.5, 0.6) is 0 Å². The summed E-state index contributed by atoms with van der Waals surface area (Å²) in [4.78, 5) is 8.15. The summed E-state index contributed by atoms with van der Waals surface area (Å²) in [5, 5.41) is 13.1. The van der Waals surface area contributed by atoms with E-state index in [9.17, 15) is 0 Å². The Hall–Kier alpha value is -2.22. The summed E-state index contributed by atoms with van der Waals surface area (Å²) >= 11 is 13.1. The van der Waals surface area contributed by atoms with Gasteiger partial charge in [-0.15, -0.1) is 10.2 Å². The minimum atomic E-state index is 0.181. The van der Waals surface area contributed by atoms with E-state index in [0.29, 0.717) is 20.9 Å². The van der Waals surface area contributed by atoms with Gasteiger partial charge in [-0.3, -0.25) is 4.98 Å². The number of aromatic nitrogens is 3. The van der Waals surface area contributed by atoms with Crippen LogP contribution in [0.4, 0.5) is 10.8 Å². The lowest BCUT2D eigenvalue weighted by atomic mass is 10.3. The predicted molar refractivity (Wildman–Crippen MR) is 94.5 cm³/mol. The van der Waals surface area contributed by atoms with Crippen LogP contribution >= 0.6 is 34.5 Å². The van der Waals surface area contributed by atoms with Crippen molar-refractivity contribution >= 4 is 51.3 Å². The van der Waals surface area contributed by atoms with Crippen LogP contribution in [0.15, 0.2) is 47.7 Å². The Morgan fingerprint density at radius 2 is 1.87 bits per heavy atom. The van der Waals surface area contributed by atoms with Crippen molar-refractivity contribution in [1.82, 2.24) is 15.2 Å². The topological polar surface area (TPSA) is 89.1 Å². The van der Waals surface area contributed by atoms with E-state index in [1.54, 1.807) is 30.6 Å². The number of anilines is 1. The molecule has 0 unspecified atom stereocenters. The van der Waals surface area contributed by atoms with Crippen molar-refractivity contribution in [3.05, 3.63) is 52.8 Å². The molecule has 3 N–H and O–H groups in total. The molecule has 0 saturated carbocycles. The smallest absolute Gasteiger partial charge is 0.235 e. The molecule has 6 nitrogen and oxygen atoms in total. The van der Waals surface area contributed by atoms with Crippen molar-refractivity contribution in [1.29, 1.82) is 0 Å². The summed E-state index contributed by atoms with van der Waals surface area (Å²) < 4.78 is 0. The van der Waals surface area contributed by atoms with Crippen LogP contribution in [0.2, 0.25) is 10.0 Å². The van der Waals surface area contributed by atoms with Gasteiger partial charge in [-0.25, -0.2) is 0 Å². The Morgan fingerprint density at radius 1 is 1.09 bits per heavy atom. The standard InChI is InChI=1S/C14H10Cl2N6S/c15-10-2-1-9(7-11(10)16)19-13(17)20-14-22-21-12(23-14)8-3-5-18-6-4-8/h1-7H,(H3,17,19,20,22). The average Bonchev–Trinajstić information content (AvgIpc) is 3.00. The van der Waals surface area contributed by atoms with Gasteiger partial charge in [0.1, 0.15) is 5.01 Å². The number of nitrogens with zero attached hydrogens (tertiary/aromatic N) is 4. The first-order chi connectivity index (χ1) is 11.1. The molecule has 3 aromatic rings. The number of hydrogen-bond donors (Lipinski definition) is 2. The minimum absolute atomic E-state index is 0.181. The molecular weight excluding hydrogens is 355 g/mol. The Morgan fingerprint density at radius 3 is 2.61 bits per heavy atom. The number of halogens is 2. The summed E-state index contributed by atoms with van der Waals surface area (Å²) in [6.07, 6.45) is 3.39. The highest BCUT2D eigenvalue weighted by atomic mass is 35.5. The zero-order valence-electron chi connectivity index (χ0n) is 11.6. The van der Waals surface area contributed by atoms with E-state index in [1.165, 1.54) is 11.3 Å². The van der Waals surface area contributed by atoms with E-state index in [2.05, 4.69) is 25.5 Å². The van der Waals surface area contributed by atoms with Crippen molar-refractivity contribution in [2.45, 2.75) is 0 Å². The largest absolute Gasteiger partial charge is 0.369 e. The maximum Gasteiger partial charge on any atom is 0.235 e. The lowest BCUT2D eigenvalue weighted by Gasteiger charge is -2.05. The van der Waals surface area contributed by atoms with Gasteiger partial charge in [-0.2, -0.15) is 4.99 Å². The zero-order valence-corrected chi connectivity index (χ0v) is 13.9. The minimum Gasteiger partial charge on any atom is -0.369 e. The number of rotatable bonds is 3. The van der Waals surface area contributed by atoms with Gasteiger partial charge in [0.2, 0.25) is 11.1 Å². The fourth-order valence-corrected chi connectivity index (χ4v) is 2.76. The highest BCUT2D eigenvalue weighted by Crippen LogP contribution is 2.28. The van der Waals surface area contributed by atoms with E-state index < -0.39 is 0 Å². The SMILES string of the molecule is NC(=Nc1nnc(-c2ccncc2)s1)Nc1ccc(Cl)c(Cl)c1. The van der Waals surface area contributed by atoms with Gasteiger partial charge < -0.3 is 11.1 Å². The van der Waals surface area contributed by atoms with Crippen LogP contribution < -0.4 is 11.1 Å². The van der Waals surface area contributed by atoms with E-state index in [-0.39, 0.29) is 5.96 Å². The van der Waals surface area contributed by atoms with Gasteiger partial charge >= 0.3 is 0 Å². The number of hydrogen-bond acceptors (Lipinski definition) is 5. The molecule has 3 rings (SSSR count). The number of pyridine rings is 1. The fraction of sp³-hybridized carbons (Fsp3) is 0. The molecule has 0 bridgehead atoms. The van der Waals surface area contributed by atoms with E-state index in [1.807, 2.05) is 12.1 Å². The second-order valence-electron chi connectivity index (χ2n) is 4.38. The Balaban J connectivity index is 1.76. The number of aliphatic imine (C=N–C) groups is 1. The van der Waals surface area contributed by atoms with Crippen LogP contribution in [0.25, 0.3) is 10.6 Å². The second-order valence-corrected chi connectivity index (χ2v) is 6.15. The molecule has 0 saturated heterocycles. The first-order valence-corrected chi connectivity index (χ1v) is 7.99. The highest BCUT2D eigenvalue weighted by molar-refractivity contribution is 7.18. The van der Waals surface area contributed by atoms with Crippen molar-refractivity contribution in [3.63, 3.8) is 0 Å². The molecule has 116 valence electrons. The molecule has 1 aromatic carbocycles. The van der Waals surface area contributed by atoms with Gasteiger partial charge in [-0.1, -0.05) is 34.5 Å². The lowest BCUT2D eigenvalue weighted by molar-refractivity contribution is 1.08. The highest BCUT2D eigenvalue weighted by Gasteiger charge is 2.07. The number of guanidine groups is 1. The summed E-state index contributed by atoms with van der Waals surface area (Å²) in [5.74, 6) is 0.181. The molecule has 0 fully saturated rings. The van der Waals surface area contributed by atoms with E-state index >= 15 is 0 Å². The molecule has 0 amide bonds. The molecule has 0 atom stereocenters. The molecule has 0 aliphatic heterocycles. The van der Waals surface area contributed by atoms with Crippen LogP contribution in [-0.2, 0) is 0 Å². The zero-order chi connectivity index (χ0) is 16.2. The summed E-state index contributed by atoms with van der Waals surface area (Å²) in [5.41, 5.74) is 7.47. The van der Waals surface area contributed by atoms with Gasteiger partial charge in [0, 0.05) is 23.6 Å². The van der Waals surface area contributed by atoms with Gasteiger partial charge in [-0.05, 0) is 30.3 Å². The summed E-state index contributed by atoms with van der Waals surface area (Å²) in [6, 6.07) is 8.79. The molecule has 2 heterocycles. The summed E-state index contributed by atoms with van der Waals surface area (Å²) in [6.45, 7) is 0. The third-order valence-corrected chi connectivity index (χ3v) is 4.35. The van der Waals surface area contributed by atoms with Crippen molar-refractivity contribution < 1.29 is 0 Å². The molecule has 0 radical (unpaired) electrons. The molecule has 0 aliphatic carbocycles. The molecule has 9 heteroatoms. The maximum absolute atomic E-state index is 5.95. The van der Waals surface area contributed by atoms with Crippen molar-refractivity contribution in [3.8, 4) is 10.6 Å². The first-order valence-electron chi connectivity index (χ1n) is 6.42. The molecule has 0 aliphatic rings. The van der Waals surface area contributed by atoms with Gasteiger partial charge in [0.15, 0.2) is 0 Å². The first kappa shape index (κ1) is 15.7. The molecule has 0 spiro atoms. The van der Waals surface area contributed by atoms with E-state index in [0.717, 1.165) is 10.6 Å². The quantitative estimate of drug-likeness (QED) is 0.542. The Kier molecular flexibility index (Phi) is 4.71. The van der Waals surface area contributed by atoms with Crippen LogP contribution in [-0.4, -0.2) is 21.1 Å². The normalized spacial score (nSPS) is 11.5. The Bertz CT molecular complexity index is 849. The second kappa shape index (κ2) is 6.91. The number of nitrogens with two attached hydrogens (primary N) is 1. The van der Waals surface area contributed by atoms with E-state index in [4.69, 9.17) is 28.9 Å². The van der Waals surface area contributed by atoms with Gasteiger partial charge in [0.05, 0.1) is 10.0 Å². The lowest BCUT2D eigenvalue weighted by Crippen LogP contribution is -2.21. The monoisotopic (exact) mass is 364 g/mol. The molecule has 2 aromatic heterocycles. The predicted octanol–water partition coefficient (Wildman–Crippen LogP) is 3.97. The summed E-state index contributed by atoms with van der Waals surface area (Å²) in [7, 11) is 0. The third kappa shape index (κ3) is 3.95. The van der Waals surface area contributed by atoms with Crippen LogP contribution in [0, 0.1) is 0 Å². The van der Waals surface area contributed by atoms with Crippen molar-refractivity contribution in [2.24, 2.45) is 10.7 Å². The Labute approximate surface area is 146 Å². The molecule has 23 heavy (non-hydrogen) atoms. The number of nitrogens with one attached hydrogen (secondary N) is 1. The van der Waals surface area contributed by atoms with Crippen LogP contribution in [0.1, 0.15) is 0 Å². The maximum atomic E-state index is 5.95. The fourth-order valence-electron chi connectivity index (χ4n) is 1.72. The average molecular weight is 365 g/mol.